The molecule has 0 radical (unpaired) electrons. The summed E-state index contributed by atoms with van der Waals surface area (Å²) >= 11 is 0. The smallest absolute Gasteiger partial charge is 0.0840 e. The first kappa shape index (κ1) is 13.2. The fourth-order valence-corrected chi connectivity index (χ4v) is 2.12. The Morgan fingerprint density at radius 3 is 2.06 bits per heavy atom. The Morgan fingerprint density at radius 2 is 1.69 bits per heavy atom. The van der Waals surface area contributed by atoms with Gasteiger partial charge < -0.3 is 5.11 Å². The van der Waals surface area contributed by atoms with Crippen molar-refractivity contribution in [2.75, 3.05) is 0 Å². The van der Waals surface area contributed by atoms with E-state index in [0.717, 1.165) is 5.56 Å². The molecule has 0 aromatic heterocycles. The minimum absolute atomic E-state index is 0.667. The zero-order chi connectivity index (χ0) is 12.2. The largest absolute Gasteiger partial charge is 0.386 e. The zero-order valence-corrected chi connectivity index (χ0v) is 11.0. The number of benzene rings is 1. The van der Waals surface area contributed by atoms with Crippen molar-refractivity contribution in [3.63, 3.8) is 0 Å². The van der Waals surface area contributed by atoms with Crippen LogP contribution >= 0.6 is 0 Å². The van der Waals surface area contributed by atoms with Gasteiger partial charge in [-0.3, -0.25) is 0 Å². The van der Waals surface area contributed by atoms with Crippen LogP contribution in [0.1, 0.15) is 64.0 Å². The monoisotopic (exact) mass is 220 g/mol. The highest BCUT2D eigenvalue weighted by atomic mass is 16.3. The molecule has 0 spiro atoms. The summed E-state index contributed by atoms with van der Waals surface area (Å²) in [5.41, 5.74) is 1.66. The van der Waals surface area contributed by atoms with Gasteiger partial charge in [0.1, 0.15) is 0 Å². The summed E-state index contributed by atoms with van der Waals surface area (Å²) in [6.45, 7) is 8.12. The summed E-state index contributed by atoms with van der Waals surface area (Å²) in [5, 5.41) is 9.88. The quantitative estimate of drug-likeness (QED) is 0.788. The average Bonchev–Trinajstić information content (AvgIpc) is 2.25. The van der Waals surface area contributed by atoms with Gasteiger partial charge in [-0.15, -0.1) is 0 Å². The van der Waals surface area contributed by atoms with Crippen LogP contribution in [0.2, 0.25) is 0 Å². The predicted molar refractivity (Wildman–Crippen MR) is 69.6 cm³/mol. The molecule has 90 valence electrons. The Kier molecular flexibility index (Phi) is 4.55. The van der Waals surface area contributed by atoms with Gasteiger partial charge in [0.15, 0.2) is 0 Å². The second-order valence-electron chi connectivity index (χ2n) is 5.07. The van der Waals surface area contributed by atoms with Crippen molar-refractivity contribution in [1.29, 1.82) is 0 Å². The average molecular weight is 220 g/mol. The van der Waals surface area contributed by atoms with Crippen molar-refractivity contribution < 1.29 is 5.11 Å². The number of aliphatic hydroxyl groups is 1. The van der Waals surface area contributed by atoms with Crippen LogP contribution < -0.4 is 0 Å². The second kappa shape index (κ2) is 5.49. The normalized spacial score (nSPS) is 13.8. The van der Waals surface area contributed by atoms with Gasteiger partial charge in [0, 0.05) is 0 Å². The lowest BCUT2D eigenvalue weighted by atomic mass is 9.89. The van der Waals surface area contributed by atoms with Crippen molar-refractivity contribution in [2.45, 2.75) is 58.5 Å². The van der Waals surface area contributed by atoms with Gasteiger partial charge in [-0.2, -0.15) is 0 Å². The van der Waals surface area contributed by atoms with Crippen LogP contribution in [0, 0.1) is 0 Å². The Bertz CT molecular complexity index is 305. The van der Waals surface area contributed by atoms with E-state index in [-0.39, 0.29) is 0 Å². The number of hydrogen-bond donors (Lipinski definition) is 1. The molecule has 1 nitrogen and oxygen atoms in total. The van der Waals surface area contributed by atoms with E-state index in [4.69, 9.17) is 0 Å². The van der Waals surface area contributed by atoms with E-state index < -0.39 is 5.60 Å². The van der Waals surface area contributed by atoms with Crippen molar-refractivity contribution in [3.8, 4) is 0 Å². The van der Waals surface area contributed by atoms with Crippen LogP contribution in [0.5, 0.6) is 0 Å². The van der Waals surface area contributed by atoms with E-state index in [0.29, 0.717) is 5.92 Å². The molecule has 0 bridgehead atoms. The molecule has 1 atom stereocenters. The lowest BCUT2D eigenvalue weighted by Gasteiger charge is -2.20. The molecule has 0 saturated heterocycles. The summed E-state index contributed by atoms with van der Waals surface area (Å²) in [4.78, 5) is 0. The van der Waals surface area contributed by atoms with Crippen molar-refractivity contribution in [1.82, 2.24) is 0 Å². The fourth-order valence-electron chi connectivity index (χ4n) is 2.12. The minimum Gasteiger partial charge on any atom is -0.386 e. The Hall–Kier alpha value is -0.820. The third-order valence-electron chi connectivity index (χ3n) is 3.22. The molecule has 0 aliphatic rings. The summed E-state index contributed by atoms with van der Waals surface area (Å²) < 4.78 is 0. The molecule has 1 unspecified atom stereocenters. The Balaban J connectivity index is 2.85. The Morgan fingerprint density at radius 1 is 1.12 bits per heavy atom. The van der Waals surface area contributed by atoms with Gasteiger partial charge >= 0.3 is 0 Å². The molecule has 0 saturated carbocycles. The molecule has 0 fully saturated rings. The molecule has 1 N–H and O–H groups in total. The Labute approximate surface area is 99.5 Å². The highest BCUT2D eigenvalue weighted by Gasteiger charge is 2.16. The number of rotatable bonds is 5. The zero-order valence-electron chi connectivity index (χ0n) is 11.0. The van der Waals surface area contributed by atoms with Gasteiger partial charge in [0.25, 0.3) is 0 Å². The van der Waals surface area contributed by atoms with Gasteiger partial charge in [0.2, 0.25) is 0 Å². The number of hydrogen-bond acceptors (Lipinski definition) is 1. The van der Waals surface area contributed by atoms with Gasteiger partial charge in [-0.25, -0.2) is 0 Å². The SMILES string of the molecule is CCCC(CC)c1ccc(C(C)(C)O)cc1. The van der Waals surface area contributed by atoms with Gasteiger partial charge in [-0.1, -0.05) is 44.5 Å². The maximum atomic E-state index is 9.88. The van der Waals surface area contributed by atoms with Crippen LogP contribution in [0.15, 0.2) is 24.3 Å². The van der Waals surface area contributed by atoms with Crippen molar-refractivity contribution in [3.05, 3.63) is 35.4 Å². The first-order valence-electron chi connectivity index (χ1n) is 6.31. The molecule has 1 rings (SSSR count). The molecule has 1 heteroatoms. The first-order valence-corrected chi connectivity index (χ1v) is 6.31. The summed E-state index contributed by atoms with van der Waals surface area (Å²) in [6, 6.07) is 8.43. The molecule has 1 aromatic rings. The van der Waals surface area contributed by atoms with E-state index in [1.807, 2.05) is 26.0 Å². The van der Waals surface area contributed by atoms with Crippen LogP contribution in [0.4, 0.5) is 0 Å². The maximum absolute atomic E-state index is 9.88. The molecule has 1 aromatic carbocycles. The molecule has 0 aliphatic heterocycles. The molecular formula is C15H24O. The van der Waals surface area contributed by atoms with Crippen molar-refractivity contribution >= 4 is 0 Å². The van der Waals surface area contributed by atoms with E-state index in [2.05, 4.69) is 26.0 Å². The predicted octanol–water partition coefficient (Wildman–Crippen LogP) is 4.21. The second-order valence-corrected chi connectivity index (χ2v) is 5.07. The highest BCUT2D eigenvalue weighted by Crippen LogP contribution is 2.27. The van der Waals surface area contributed by atoms with Gasteiger partial charge in [-0.05, 0) is 43.7 Å². The lowest BCUT2D eigenvalue weighted by Crippen LogP contribution is -2.15. The van der Waals surface area contributed by atoms with Crippen LogP contribution in [0.25, 0.3) is 0 Å². The molecular weight excluding hydrogens is 196 g/mol. The fraction of sp³-hybridized carbons (Fsp3) is 0.600. The topological polar surface area (TPSA) is 20.2 Å². The van der Waals surface area contributed by atoms with E-state index in [1.165, 1.54) is 24.8 Å². The minimum atomic E-state index is -0.731. The van der Waals surface area contributed by atoms with Crippen LogP contribution in [-0.4, -0.2) is 5.11 Å². The highest BCUT2D eigenvalue weighted by molar-refractivity contribution is 5.28. The molecule has 16 heavy (non-hydrogen) atoms. The van der Waals surface area contributed by atoms with Crippen molar-refractivity contribution in [2.24, 2.45) is 0 Å². The molecule has 0 amide bonds. The maximum Gasteiger partial charge on any atom is 0.0840 e. The van der Waals surface area contributed by atoms with E-state index in [9.17, 15) is 5.11 Å². The third kappa shape index (κ3) is 3.34. The summed E-state index contributed by atoms with van der Waals surface area (Å²) in [6.07, 6.45) is 3.67. The molecule has 0 aliphatic carbocycles. The van der Waals surface area contributed by atoms with Crippen LogP contribution in [0.3, 0.4) is 0 Å². The first-order chi connectivity index (χ1) is 7.49. The van der Waals surface area contributed by atoms with E-state index >= 15 is 0 Å². The van der Waals surface area contributed by atoms with Gasteiger partial charge in [0.05, 0.1) is 5.60 Å². The standard InChI is InChI=1S/C15H24O/c1-5-7-12(6-2)13-8-10-14(11-9-13)15(3,4)16/h8-12,16H,5-7H2,1-4H3. The third-order valence-corrected chi connectivity index (χ3v) is 3.22. The van der Waals surface area contributed by atoms with E-state index in [1.54, 1.807) is 0 Å². The summed E-state index contributed by atoms with van der Waals surface area (Å²) in [5.74, 6) is 0.667. The summed E-state index contributed by atoms with van der Waals surface area (Å²) in [7, 11) is 0. The lowest BCUT2D eigenvalue weighted by molar-refractivity contribution is 0.0786. The molecule has 0 heterocycles. The van der Waals surface area contributed by atoms with Crippen LogP contribution in [-0.2, 0) is 5.60 Å².